The molecule has 0 fully saturated rings. The Hall–Kier alpha value is -1.67. The fourth-order valence-electron chi connectivity index (χ4n) is 2.49. The number of nitrogens with one attached hydrogen (secondary N) is 1. The van der Waals surface area contributed by atoms with Gasteiger partial charge in [0.2, 0.25) is 0 Å². The van der Waals surface area contributed by atoms with E-state index in [0.717, 1.165) is 18.5 Å². The minimum atomic E-state index is 0.122. The third-order valence-electron chi connectivity index (χ3n) is 3.37. The number of halogens is 1. The van der Waals surface area contributed by atoms with E-state index in [1.807, 2.05) is 6.07 Å². The van der Waals surface area contributed by atoms with Crippen molar-refractivity contribution in [1.82, 2.24) is 0 Å². The van der Waals surface area contributed by atoms with Crippen LogP contribution in [0.1, 0.15) is 11.1 Å². The van der Waals surface area contributed by atoms with Crippen LogP contribution in [0.25, 0.3) is 0 Å². The third kappa shape index (κ3) is 2.16. The van der Waals surface area contributed by atoms with Gasteiger partial charge in [-0.3, -0.25) is 0 Å². The molecule has 2 nitrogen and oxygen atoms in total. The van der Waals surface area contributed by atoms with Gasteiger partial charge in [0.25, 0.3) is 0 Å². The highest BCUT2D eigenvalue weighted by molar-refractivity contribution is 6.32. The molecule has 2 aromatic rings. The normalized spacial score (nSPS) is 14.5. The molecule has 2 N–H and O–H groups in total. The summed E-state index contributed by atoms with van der Waals surface area (Å²) < 4.78 is 0. The summed E-state index contributed by atoms with van der Waals surface area (Å²) in [5.41, 5.74) is 3.79. The number of fused-ring (bicyclic) bond motifs is 1. The van der Waals surface area contributed by atoms with E-state index in [-0.39, 0.29) is 5.75 Å². The summed E-state index contributed by atoms with van der Waals surface area (Å²) in [4.78, 5) is 0. The van der Waals surface area contributed by atoms with Crippen LogP contribution in [-0.2, 0) is 12.8 Å². The van der Waals surface area contributed by atoms with Gasteiger partial charge in [-0.05, 0) is 42.2 Å². The summed E-state index contributed by atoms with van der Waals surface area (Å²) in [6.07, 6.45) is 2.07. The highest BCUT2D eigenvalue weighted by Gasteiger charge is 2.20. The number of benzene rings is 2. The van der Waals surface area contributed by atoms with Crippen LogP contribution < -0.4 is 5.32 Å². The topological polar surface area (TPSA) is 32.3 Å². The average Bonchev–Trinajstić information content (AvgIpc) is 2.76. The molecule has 0 saturated heterocycles. The second-order valence-corrected chi connectivity index (χ2v) is 5.09. The Labute approximate surface area is 111 Å². The van der Waals surface area contributed by atoms with E-state index < -0.39 is 0 Å². The lowest BCUT2D eigenvalue weighted by molar-refractivity contribution is 0.475. The lowest BCUT2D eigenvalue weighted by Gasteiger charge is -2.14. The average molecular weight is 260 g/mol. The Morgan fingerprint density at radius 1 is 1.06 bits per heavy atom. The molecule has 3 rings (SSSR count). The van der Waals surface area contributed by atoms with Crippen molar-refractivity contribution in [3.05, 3.63) is 58.6 Å². The van der Waals surface area contributed by atoms with Gasteiger partial charge in [-0.15, -0.1) is 0 Å². The van der Waals surface area contributed by atoms with Gasteiger partial charge >= 0.3 is 0 Å². The van der Waals surface area contributed by atoms with Gasteiger partial charge < -0.3 is 10.4 Å². The van der Waals surface area contributed by atoms with Crippen molar-refractivity contribution in [2.45, 2.75) is 18.9 Å². The quantitative estimate of drug-likeness (QED) is 0.808. The molecule has 0 heterocycles. The Morgan fingerprint density at radius 3 is 2.33 bits per heavy atom. The summed E-state index contributed by atoms with van der Waals surface area (Å²) in [5.74, 6) is 0.122. The minimum absolute atomic E-state index is 0.122. The minimum Gasteiger partial charge on any atom is -0.506 e. The maximum Gasteiger partial charge on any atom is 0.134 e. The molecule has 0 spiro atoms. The first-order valence-electron chi connectivity index (χ1n) is 6.04. The van der Waals surface area contributed by atoms with Crippen LogP contribution in [0.5, 0.6) is 5.75 Å². The van der Waals surface area contributed by atoms with Gasteiger partial charge in [0.1, 0.15) is 5.75 Å². The lowest BCUT2D eigenvalue weighted by Crippen LogP contribution is -2.19. The van der Waals surface area contributed by atoms with Gasteiger partial charge in [0.15, 0.2) is 0 Å². The van der Waals surface area contributed by atoms with Crippen LogP contribution >= 0.6 is 11.6 Å². The molecule has 2 aromatic carbocycles. The van der Waals surface area contributed by atoms with Crippen molar-refractivity contribution in [1.29, 1.82) is 0 Å². The number of hydrogen-bond acceptors (Lipinski definition) is 2. The van der Waals surface area contributed by atoms with Crippen molar-refractivity contribution in [2.75, 3.05) is 5.32 Å². The fourth-order valence-corrected chi connectivity index (χ4v) is 2.67. The van der Waals surface area contributed by atoms with Gasteiger partial charge in [0, 0.05) is 11.7 Å². The molecule has 0 unspecified atom stereocenters. The lowest BCUT2D eigenvalue weighted by atomic mass is 10.1. The van der Waals surface area contributed by atoms with E-state index in [4.69, 9.17) is 11.6 Å². The zero-order valence-corrected chi connectivity index (χ0v) is 10.6. The second-order valence-electron chi connectivity index (χ2n) is 4.68. The van der Waals surface area contributed by atoms with Crippen molar-refractivity contribution >= 4 is 17.3 Å². The zero-order chi connectivity index (χ0) is 12.5. The number of phenolic OH excluding ortho intramolecular Hbond substituents is 1. The maximum absolute atomic E-state index is 9.39. The molecule has 0 radical (unpaired) electrons. The second kappa shape index (κ2) is 4.54. The molecular formula is C15H14ClNO. The monoisotopic (exact) mass is 259 g/mol. The molecule has 3 heteroatoms. The SMILES string of the molecule is Oc1ccc(NC2Cc3ccccc3C2)cc1Cl. The molecule has 1 aliphatic rings. The molecule has 0 aliphatic heterocycles. The molecule has 0 saturated carbocycles. The standard InChI is InChI=1S/C15H14ClNO/c16-14-9-12(5-6-15(14)18)17-13-7-10-3-1-2-4-11(10)8-13/h1-6,9,13,17-18H,7-8H2. The number of anilines is 1. The van der Waals surface area contributed by atoms with E-state index in [9.17, 15) is 5.11 Å². The van der Waals surface area contributed by atoms with E-state index in [2.05, 4.69) is 29.6 Å². The van der Waals surface area contributed by atoms with Gasteiger partial charge in [-0.1, -0.05) is 35.9 Å². The van der Waals surface area contributed by atoms with Crippen molar-refractivity contribution in [2.24, 2.45) is 0 Å². The Bertz CT molecular complexity index is 557. The van der Waals surface area contributed by atoms with Crippen LogP contribution in [0.3, 0.4) is 0 Å². The molecule has 1 aliphatic carbocycles. The van der Waals surface area contributed by atoms with E-state index in [0.29, 0.717) is 11.1 Å². The van der Waals surface area contributed by atoms with Crippen LogP contribution in [-0.4, -0.2) is 11.1 Å². The molecule has 18 heavy (non-hydrogen) atoms. The molecule has 0 bridgehead atoms. The van der Waals surface area contributed by atoms with Crippen molar-refractivity contribution in [3.8, 4) is 5.75 Å². The number of hydrogen-bond donors (Lipinski definition) is 2. The van der Waals surface area contributed by atoms with E-state index in [1.54, 1.807) is 12.1 Å². The Morgan fingerprint density at radius 2 is 1.72 bits per heavy atom. The van der Waals surface area contributed by atoms with Crippen LogP contribution in [0, 0.1) is 0 Å². The Kier molecular flexibility index (Phi) is 2.88. The summed E-state index contributed by atoms with van der Waals surface area (Å²) in [6, 6.07) is 14.2. The predicted octanol–water partition coefficient (Wildman–Crippen LogP) is 3.62. The highest BCUT2D eigenvalue weighted by atomic mass is 35.5. The van der Waals surface area contributed by atoms with Crippen LogP contribution in [0.15, 0.2) is 42.5 Å². The van der Waals surface area contributed by atoms with Crippen LogP contribution in [0.4, 0.5) is 5.69 Å². The summed E-state index contributed by atoms with van der Waals surface area (Å²) in [7, 11) is 0. The third-order valence-corrected chi connectivity index (χ3v) is 3.67. The van der Waals surface area contributed by atoms with Gasteiger partial charge in [-0.2, -0.15) is 0 Å². The predicted molar refractivity (Wildman–Crippen MR) is 74.4 cm³/mol. The smallest absolute Gasteiger partial charge is 0.134 e. The van der Waals surface area contributed by atoms with Crippen LogP contribution in [0.2, 0.25) is 5.02 Å². The first kappa shape index (κ1) is 11.4. The van der Waals surface area contributed by atoms with Gasteiger partial charge in [-0.25, -0.2) is 0 Å². The number of aromatic hydroxyl groups is 1. The first-order valence-corrected chi connectivity index (χ1v) is 6.42. The molecule has 0 amide bonds. The Balaban J connectivity index is 1.74. The van der Waals surface area contributed by atoms with Gasteiger partial charge in [0.05, 0.1) is 5.02 Å². The maximum atomic E-state index is 9.39. The number of rotatable bonds is 2. The first-order chi connectivity index (χ1) is 8.72. The van der Waals surface area contributed by atoms with Crippen molar-refractivity contribution in [3.63, 3.8) is 0 Å². The zero-order valence-electron chi connectivity index (χ0n) is 9.86. The molecule has 92 valence electrons. The molecule has 0 atom stereocenters. The summed E-state index contributed by atoms with van der Waals surface area (Å²) in [6.45, 7) is 0. The fraction of sp³-hybridized carbons (Fsp3) is 0.200. The molecule has 0 aromatic heterocycles. The highest BCUT2D eigenvalue weighted by Crippen LogP contribution is 2.29. The molecular weight excluding hydrogens is 246 g/mol. The van der Waals surface area contributed by atoms with E-state index >= 15 is 0 Å². The van der Waals surface area contributed by atoms with Crippen molar-refractivity contribution < 1.29 is 5.11 Å². The van der Waals surface area contributed by atoms with E-state index in [1.165, 1.54) is 11.1 Å². The number of phenols is 1. The largest absolute Gasteiger partial charge is 0.506 e. The summed E-state index contributed by atoms with van der Waals surface area (Å²) in [5, 5.41) is 13.2. The summed E-state index contributed by atoms with van der Waals surface area (Å²) >= 11 is 5.90.